The monoisotopic (exact) mass is 372 g/mol. The summed E-state index contributed by atoms with van der Waals surface area (Å²) >= 11 is 0. The van der Waals surface area contributed by atoms with E-state index in [2.05, 4.69) is 52.9 Å². The van der Waals surface area contributed by atoms with Crippen LogP contribution in [0.15, 0.2) is 83.6 Å². The van der Waals surface area contributed by atoms with Gasteiger partial charge < -0.3 is 14.7 Å². The number of carbonyl (C=O) groups is 1. The van der Waals surface area contributed by atoms with Gasteiger partial charge in [-0.15, -0.1) is 0 Å². The minimum absolute atomic E-state index is 0.0414. The molecule has 0 aliphatic carbocycles. The van der Waals surface area contributed by atoms with Crippen molar-refractivity contribution >= 4 is 16.8 Å². The number of hydrogen-bond donors (Lipinski definition) is 2. The summed E-state index contributed by atoms with van der Waals surface area (Å²) in [5.41, 5.74) is 3.61. The van der Waals surface area contributed by atoms with Crippen molar-refractivity contribution in [2.45, 2.75) is 31.7 Å². The highest BCUT2D eigenvalue weighted by Crippen LogP contribution is 2.31. The number of carbonyl (C=O) groups excluding carboxylic acids is 1. The summed E-state index contributed by atoms with van der Waals surface area (Å²) in [6.45, 7) is 0.422. The molecule has 0 aliphatic rings. The number of aromatic nitrogens is 1. The number of H-pyrrole nitrogens is 1. The summed E-state index contributed by atoms with van der Waals surface area (Å²) in [6, 6.07) is 22.4. The fourth-order valence-corrected chi connectivity index (χ4v) is 3.68. The molecule has 4 aromatic rings. The zero-order valence-electron chi connectivity index (χ0n) is 15.7. The third kappa shape index (κ3) is 4.34. The molecule has 0 spiro atoms. The lowest BCUT2D eigenvalue weighted by Crippen LogP contribution is -2.24. The number of nitrogens with one attached hydrogen (secondary N) is 2. The maximum atomic E-state index is 12.6. The van der Waals surface area contributed by atoms with Crippen LogP contribution in [0.3, 0.4) is 0 Å². The summed E-state index contributed by atoms with van der Waals surface area (Å²) in [5.74, 6) is 0.953. The van der Waals surface area contributed by atoms with Crippen LogP contribution in [0.25, 0.3) is 10.9 Å². The molecule has 2 aromatic carbocycles. The molecule has 1 unspecified atom stereocenters. The Hall–Kier alpha value is -3.27. The number of hydrogen-bond acceptors (Lipinski definition) is 2. The maximum absolute atomic E-state index is 12.6. The molecule has 2 N–H and O–H groups in total. The van der Waals surface area contributed by atoms with Crippen LogP contribution < -0.4 is 5.32 Å². The van der Waals surface area contributed by atoms with Crippen LogP contribution in [0.1, 0.15) is 35.6 Å². The molecule has 0 saturated heterocycles. The molecule has 0 bridgehead atoms. The van der Waals surface area contributed by atoms with E-state index in [0.717, 1.165) is 24.1 Å². The predicted molar refractivity (Wildman–Crippen MR) is 111 cm³/mol. The molecule has 0 radical (unpaired) electrons. The topological polar surface area (TPSA) is 58.0 Å². The van der Waals surface area contributed by atoms with Crippen molar-refractivity contribution in [2.75, 3.05) is 0 Å². The van der Waals surface area contributed by atoms with Crippen LogP contribution in [0.5, 0.6) is 0 Å². The van der Waals surface area contributed by atoms with E-state index in [1.807, 2.05) is 30.3 Å². The van der Waals surface area contributed by atoms with Crippen LogP contribution in [0, 0.1) is 0 Å². The highest BCUT2D eigenvalue weighted by Gasteiger charge is 2.19. The first-order chi connectivity index (χ1) is 13.8. The highest BCUT2D eigenvalue weighted by atomic mass is 16.3. The van der Waals surface area contributed by atoms with Crippen molar-refractivity contribution in [3.8, 4) is 0 Å². The van der Waals surface area contributed by atoms with Gasteiger partial charge in [-0.05, 0) is 48.1 Å². The van der Waals surface area contributed by atoms with E-state index >= 15 is 0 Å². The highest BCUT2D eigenvalue weighted by molar-refractivity contribution is 5.85. The van der Waals surface area contributed by atoms with Crippen molar-refractivity contribution in [1.82, 2.24) is 10.3 Å². The number of rotatable bonds is 8. The van der Waals surface area contributed by atoms with E-state index in [1.165, 1.54) is 16.5 Å². The van der Waals surface area contributed by atoms with E-state index in [9.17, 15) is 4.79 Å². The average molecular weight is 372 g/mol. The van der Waals surface area contributed by atoms with E-state index in [1.54, 1.807) is 6.26 Å². The fourth-order valence-electron chi connectivity index (χ4n) is 3.68. The summed E-state index contributed by atoms with van der Waals surface area (Å²) in [6.07, 6.45) is 5.99. The smallest absolute Gasteiger partial charge is 0.220 e. The maximum Gasteiger partial charge on any atom is 0.220 e. The Morgan fingerprint density at radius 3 is 2.64 bits per heavy atom. The number of benzene rings is 2. The summed E-state index contributed by atoms with van der Waals surface area (Å²) in [5, 5.41) is 4.17. The lowest BCUT2D eigenvalue weighted by atomic mass is 9.89. The van der Waals surface area contributed by atoms with Gasteiger partial charge in [0.1, 0.15) is 5.76 Å². The molecule has 4 rings (SSSR count). The third-order valence-corrected chi connectivity index (χ3v) is 5.16. The number of fused-ring (bicyclic) bond motifs is 1. The quantitative estimate of drug-likeness (QED) is 0.447. The van der Waals surface area contributed by atoms with Crippen LogP contribution in [0.2, 0.25) is 0 Å². The van der Waals surface area contributed by atoms with Crippen LogP contribution >= 0.6 is 0 Å². The van der Waals surface area contributed by atoms with Crippen LogP contribution in [-0.4, -0.2) is 10.9 Å². The number of aryl methyl sites for hydroxylation is 1. The molecule has 1 amide bonds. The summed E-state index contributed by atoms with van der Waals surface area (Å²) < 4.78 is 5.30. The molecule has 4 nitrogen and oxygen atoms in total. The second-order valence-corrected chi connectivity index (χ2v) is 7.07. The first-order valence-electron chi connectivity index (χ1n) is 9.68. The van der Waals surface area contributed by atoms with Gasteiger partial charge in [-0.25, -0.2) is 0 Å². The van der Waals surface area contributed by atoms with E-state index in [0.29, 0.717) is 13.0 Å². The first kappa shape index (κ1) is 18.1. The molecule has 28 heavy (non-hydrogen) atoms. The standard InChI is InChI=1S/C24H24N2O2/c27-24(26-16-20-9-6-14-28-20)15-19(13-12-18-7-2-1-3-8-18)22-17-25-23-11-5-4-10-21(22)23/h1-11,14,17,19,25H,12-13,15-16H2,(H,26,27). The molecule has 0 fully saturated rings. The van der Waals surface area contributed by atoms with Crippen LogP contribution in [0.4, 0.5) is 0 Å². The van der Waals surface area contributed by atoms with Gasteiger partial charge in [0.25, 0.3) is 0 Å². The largest absolute Gasteiger partial charge is 0.467 e. The van der Waals surface area contributed by atoms with Gasteiger partial charge in [-0.2, -0.15) is 0 Å². The zero-order chi connectivity index (χ0) is 19.2. The predicted octanol–water partition coefficient (Wildman–Crippen LogP) is 5.18. The van der Waals surface area contributed by atoms with Crippen molar-refractivity contribution in [3.05, 3.63) is 96.1 Å². The summed E-state index contributed by atoms with van der Waals surface area (Å²) in [4.78, 5) is 16.0. The first-order valence-corrected chi connectivity index (χ1v) is 9.68. The molecular weight excluding hydrogens is 348 g/mol. The fraction of sp³-hybridized carbons (Fsp3) is 0.208. The molecule has 0 saturated carbocycles. The number of aromatic amines is 1. The SMILES string of the molecule is O=C(CC(CCc1ccccc1)c1c[nH]c2ccccc12)NCc1ccco1. The van der Waals surface area contributed by atoms with E-state index < -0.39 is 0 Å². The molecule has 142 valence electrons. The number of para-hydroxylation sites is 1. The molecule has 0 aliphatic heterocycles. The second kappa shape index (κ2) is 8.61. The Balaban J connectivity index is 1.50. The Labute approximate surface area is 164 Å². The van der Waals surface area contributed by atoms with Crippen molar-refractivity contribution < 1.29 is 9.21 Å². The normalized spacial score (nSPS) is 12.1. The Bertz CT molecular complexity index is 1020. The van der Waals surface area contributed by atoms with Crippen molar-refractivity contribution in [2.24, 2.45) is 0 Å². The van der Waals surface area contributed by atoms with Crippen LogP contribution in [-0.2, 0) is 17.8 Å². The molecule has 2 aromatic heterocycles. The Morgan fingerprint density at radius 1 is 1.00 bits per heavy atom. The zero-order valence-corrected chi connectivity index (χ0v) is 15.7. The van der Waals surface area contributed by atoms with Gasteiger partial charge in [0.2, 0.25) is 5.91 Å². The molecular formula is C24H24N2O2. The van der Waals surface area contributed by atoms with Gasteiger partial charge in [0.15, 0.2) is 0 Å². The van der Waals surface area contributed by atoms with E-state index in [4.69, 9.17) is 4.42 Å². The number of amides is 1. The van der Waals surface area contributed by atoms with E-state index in [-0.39, 0.29) is 11.8 Å². The molecule has 1 atom stereocenters. The minimum Gasteiger partial charge on any atom is -0.467 e. The van der Waals surface area contributed by atoms with Gasteiger partial charge in [-0.3, -0.25) is 4.79 Å². The van der Waals surface area contributed by atoms with Crippen molar-refractivity contribution in [3.63, 3.8) is 0 Å². The molecule has 2 heterocycles. The van der Waals surface area contributed by atoms with Crippen molar-refractivity contribution in [1.29, 1.82) is 0 Å². The third-order valence-electron chi connectivity index (χ3n) is 5.16. The minimum atomic E-state index is 0.0414. The average Bonchev–Trinajstić information content (AvgIpc) is 3.40. The summed E-state index contributed by atoms with van der Waals surface area (Å²) in [7, 11) is 0. The lowest BCUT2D eigenvalue weighted by Gasteiger charge is -2.16. The number of furan rings is 1. The van der Waals surface area contributed by atoms with Gasteiger partial charge in [0.05, 0.1) is 12.8 Å². The lowest BCUT2D eigenvalue weighted by molar-refractivity contribution is -0.121. The van der Waals surface area contributed by atoms with Gasteiger partial charge in [-0.1, -0.05) is 48.5 Å². The molecule has 4 heteroatoms. The Morgan fingerprint density at radius 2 is 1.82 bits per heavy atom. The van der Waals surface area contributed by atoms with Gasteiger partial charge >= 0.3 is 0 Å². The van der Waals surface area contributed by atoms with Gasteiger partial charge in [0, 0.05) is 23.5 Å². The Kier molecular flexibility index (Phi) is 5.57. The second-order valence-electron chi connectivity index (χ2n) is 7.07.